The van der Waals surface area contributed by atoms with Gasteiger partial charge in [0.1, 0.15) is 28.7 Å². The van der Waals surface area contributed by atoms with Crippen molar-refractivity contribution in [3.05, 3.63) is 73.2 Å². The van der Waals surface area contributed by atoms with Crippen LogP contribution in [0, 0.1) is 18.2 Å². The average molecular weight is 411 g/mol. The SMILES string of the molecule is Cc1ccc([C@H](Nc2c(Nc3ccc(F)c4c3C(=O)NC4)c(=O)c2=O)C(C)(C)C)o1. The molecule has 2 aromatic carbocycles. The number of nitrogens with one attached hydrogen (secondary N) is 3. The Morgan fingerprint density at radius 3 is 2.40 bits per heavy atom. The van der Waals surface area contributed by atoms with Crippen molar-refractivity contribution in [3.8, 4) is 0 Å². The lowest BCUT2D eigenvalue weighted by Gasteiger charge is -2.31. The van der Waals surface area contributed by atoms with E-state index in [4.69, 9.17) is 4.42 Å². The van der Waals surface area contributed by atoms with Gasteiger partial charge < -0.3 is 20.4 Å². The molecule has 0 saturated carbocycles. The number of aryl methyl sites for hydroxylation is 1. The Hall–Kier alpha value is -3.42. The van der Waals surface area contributed by atoms with E-state index in [0.717, 1.165) is 5.76 Å². The highest BCUT2D eigenvalue weighted by atomic mass is 19.1. The van der Waals surface area contributed by atoms with E-state index in [2.05, 4.69) is 16.0 Å². The molecule has 0 aliphatic carbocycles. The van der Waals surface area contributed by atoms with Crippen LogP contribution >= 0.6 is 0 Å². The summed E-state index contributed by atoms with van der Waals surface area (Å²) in [6, 6.07) is 5.89. The minimum absolute atomic E-state index is 0.0473. The number of anilines is 3. The van der Waals surface area contributed by atoms with E-state index < -0.39 is 22.6 Å². The van der Waals surface area contributed by atoms with Gasteiger partial charge in [0.05, 0.1) is 17.3 Å². The second kappa shape index (κ2) is 6.83. The van der Waals surface area contributed by atoms with Crippen LogP contribution in [-0.2, 0) is 6.54 Å². The van der Waals surface area contributed by atoms with Gasteiger partial charge in [-0.15, -0.1) is 0 Å². The van der Waals surface area contributed by atoms with E-state index in [1.54, 1.807) is 0 Å². The van der Waals surface area contributed by atoms with Gasteiger partial charge in [-0.3, -0.25) is 14.4 Å². The van der Waals surface area contributed by atoms with Crippen LogP contribution < -0.4 is 26.8 Å². The van der Waals surface area contributed by atoms with Crippen LogP contribution in [0.3, 0.4) is 0 Å². The molecule has 7 nitrogen and oxygen atoms in total. The highest BCUT2D eigenvalue weighted by Gasteiger charge is 2.34. The zero-order valence-corrected chi connectivity index (χ0v) is 17.1. The lowest BCUT2D eigenvalue weighted by atomic mass is 9.85. The second-order valence-corrected chi connectivity index (χ2v) is 8.56. The Morgan fingerprint density at radius 1 is 1.07 bits per heavy atom. The number of carbonyl (C=O) groups is 1. The van der Waals surface area contributed by atoms with Gasteiger partial charge in [-0.05, 0) is 36.6 Å². The topological polar surface area (TPSA) is 100 Å². The van der Waals surface area contributed by atoms with Crippen molar-refractivity contribution in [2.24, 2.45) is 5.41 Å². The molecule has 0 bridgehead atoms. The maximum absolute atomic E-state index is 14.0. The highest BCUT2D eigenvalue weighted by Crippen LogP contribution is 2.38. The molecule has 3 N–H and O–H groups in total. The first-order valence-electron chi connectivity index (χ1n) is 9.60. The summed E-state index contributed by atoms with van der Waals surface area (Å²) < 4.78 is 19.8. The van der Waals surface area contributed by atoms with Crippen LogP contribution in [0.15, 0.2) is 38.3 Å². The Kier molecular flexibility index (Phi) is 4.52. The quantitative estimate of drug-likeness (QED) is 0.556. The molecule has 0 saturated heterocycles. The highest BCUT2D eigenvalue weighted by molar-refractivity contribution is 6.04. The molecule has 1 aromatic heterocycles. The third kappa shape index (κ3) is 3.18. The number of hydrogen-bond acceptors (Lipinski definition) is 6. The van der Waals surface area contributed by atoms with Crippen molar-refractivity contribution in [3.63, 3.8) is 0 Å². The molecular formula is C22H22FN3O4. The monoisotopic (exact) mass is 411 g/mol. The van der Waals surface area contributed by atoms with Crippen LogP contribution in [0.25, 0.3) is 0 Å². The molecule has 0 spiro atoms. The summed E-state index contributed by atoms with van der Waals surface area (Å²) in [5.41, 5.74) is -0.872. The van der Waals surface area contributed by atoms with Crippen molar-refractivity contribution in [2.45, 2.75) is 40.3 Å². The molecule has 3 aromatic rings. The summed E-state index contributed by atoms with van der Waals surface area (Å²) in [5.74, 6) is 0.440. The van der Waals surface area contributed by atoms with Gasteiger partial charge >= 0.3 is 0 Å². The predicted molar refractivity (Wildman–Crippen MR) is 111 cm³/mol. The maximum Gasteiger partial charge on any atom is 0.254 e. The summed E-state index contributed by atoms with van der Waals surface area (Å²) in [5, 5.41) is 8.58. The minimum Gasteiger partial charge on any atom is -0.464 e. The summed E-state index contributed by atoms with van der Waals surface area (Å²) in [7, 11) is 0. The predicted octanol–water partition coefficient (Wildman–Crippen LogP) is 3.51. The normalized spacial score (nSPS) is 14.5. The first-order chi connectivity index (χ1) is 14.1. The van der Waals surface area contributed by atoms with Crippen molar-refractivity contribution in [1.29, 1.82) is 0 Å². The van der Waals surface area contributed by atoms with Crippen molar-refractivity contribution in [2.75, 3.05) is 10.6 Å². The second-order valence-electron chi connectivity index (χ2n) is 8.56. The number of furan rings is 1. The van der Waals surface area contributed by atoms with Gasteiger partial charge in [0, 0.05) is 12.1 Å². The molecule has 1 aliphatic heterocycles. The average Bonchev–Trinajstić information content (AvgIpc) is 3.28. The van der Waals surface area contributed by atoms with E-state index in [1.807, 2.05) is 39.8 Å². The van der Waals surface area contributed by atoms with Gasteiger partial charge in [-0.2, -0.15) is 0 Å². The third-order valence-corrected chi connectivity index (χ3v) is 5.28. The first-order valence-corrected chi connectivity index (χ1v) is 9.60. The first kappa shape index (κ1) is 19.9. The Morgan fingerprint density at radius 2 is 1.77 bits per heavy atom. The van der Waals surface area contributed by atoms with Gasteiger partial charge in [0.2, 0.25) is 0 Å². The Balaban J connectivity index is 1.70. The van der Waals surface area contributed by atoms with Gasteiger partial charge in [0.25, 0.3) is 16.8 Å². The number of hydrogen-bond donors (Lipinski definition) is 3. The van der Waals surface area contributed by atoms with E-state index >= 15 is 0 Å². The molecule has 1 atom stereocenters. The molecule has 0 radical (unpaired) electrons. The van der Waals surface area contributed by atoms with Gasteiger partial charge in [-0.1, -0.05) is 20.8 Å². The molecule has 4 rings (SSSR count). The summed E-state index contributed by atoms with van der Waals surface area (Å²) >= 11 is 0. The zero-order valence-electron chi connectivity index (χ0n) is 17.1. The van der Waals surface area contributed by atoms with E-state index in [0.29, 0.717) is 5.76 Å². The van der Waals surface area contributed by atoms with Gasteiger partial charge in [-0.25, -0.2) is 4.39 Å². The molecule has 0 fully saturated rings. The van der Waals surface area contributed by atoms with Crippen molar-refractivity contribution >= 4 is 23.0 Å². The lowest BCUT2D eigenvalue weighted by molar-refractivity contribution is 0.0966. The molecule has 1 amide bonds. The number of amides is 1. The Labute approximate surface area is 172 Å². The lowest BCUT2D eigenvalue weighted by Crippen LogP contribution is -2.39. The Bertz CT molecular complexity index is 1230. The maximum atomic E-state index is 14.0. The number of halogens is 1. The summed E-state index contributed by atoms with van der Waals surface area (Å²) in [6.07, 6.45) is 0. The standard InChI is InChI=1S/C22H22FN3O4/c1-10-5-8-14(30-10)20(22(2,3)4)26-17-16(18(27)19(17)28)25-13-7-6-12(23)11-9-24-21(29)15(11)13/h5-8,20,25-26H,9H2,1-4H3,(H,24,29)/t20-/m0/s1. The van der Waals surface area contributed by atoms with E-state index in [9.17, 15) is 18.8 Å². The third-order valence-electron chi connectivity index (χ3n) is 5.28. The van der Waals surface area contributed by atoms with E-state index in [-0.39, 0.29) is 46.2 Å². The zero-order chi connectivity index (χ0) is 21.8. The van der Waals surface area contributed by atoms with Crippen LogP contribution in [0.2, 0.25) is 0 Å². The van der Waals surface area contributed by atoms with Crippen LogP contribution in [0.1, 0.15) is 54.3 Å². The fourth-order valence-corrected chi connectivity index (χ4v) is 3.67. The van der Waals surface area contributed by atoms with Crippen molar-refractivity contribution in [1.82, 2.24) is 5.32 Å². The molecule has 2 heterocycles. The summed E-state index contributed by atoms with van der Waals surface area (Å²) in [6.45, 7) is 7.86. The number of fused-ring (bicyclic) bond motifs is 1. The largest absolute Gasteiger partial charge is 0.464 e. The van der Waals surface area contributed by atoms with Crippen molar-refractivity contribution < 1.29 is 13.6 Å². The molecular weight excluding hydrogens is 389 g/mol. The molecule has 8 heteroatoms. The summed E-state index contributed by atoms with van der Waals surface area (Å²) in [4.78, 5) is 36.8. The molecule has 0 unspecified atom stereocenters. The van der Waals surface area contributed by atoms with Crippen LogP contribution in [0.5, 0.6) is 0 Å². The number of benzene rings is 1. The molecule has 156 valence electrons. The molecule has 30 heavy (non-hydrogen) atoms. The molecule has 1 aliphatic rings. The minimum atomic E-state index is -0.697. The van der Waals surface area contributed by atoms with Crippen LogP contribution in [-0.4, -0.2) is 5.91 Å². The fraction of sp³-hybridized carbons (Fsp3) is 0.318. The van der Waals surface area contributed by atoms with E-state index in [1.165, 1.54) is 12.1 Å². The van der Waals surface area contributed by atoms with Gasteiger partial charge in [0.15, 0.2) is 0 Å². The fourth-order valence-electron chi connectivity index (χ4n) is 3.67. The smallest absolute Gasteiger partial charge is 0.254 e. The number of carbonyl (C=O) groups excluding carboxylic acids is 1. The van der Waals surface area contributed by atoms with Crippen LogP contribution in [0.4, 0.5) is 21.5 Å². The number of rotatable bonds is 5.